The number of rotatable bonds is 4. The highest BCUT2D eigenvalue weighted by Crippen LogP contribution is 2.31. The second-order valence-electron chi connectivity index (χ2n) is 3.65. The van der Waals surface area contributed by atoms with Crippen molar-refractivity contribution < 1.29 is 22.8 Å². The summed E-state index contributed by atoms with van der Waals surface area (Å²) >= 11 is 0. The lowest BCUT2D eigenvalue weighted by atomic mass is 10.3. The summed E-state index contributed by atoms with van der Waals surface area (Å²) in [6.07, 6.45) is -0.692. The molecule has 21 heavy (non-hydrogen) atoms. The molecule has 0 aromatic carbocycles. The molecule has 0 amide bonds. The van der Waals surface area contributed by atoms with Gasteiger partial charge in [-0.2, -0.15) is 13.2 Å². The SMILES string of the molecule is CON(OC)c1cc(C(F)(F)F)nc(-c2cnccn2)n1. The fourth-order valence-corrected chi connectivity index (χ4v) is 1.46. The molecule has 0 aliphatic heterocycles. The smallest absolute Gasteiger partial charge is 0.261 e. The highest BCUT2D eigenvalue weighted by Gasteiger charge is 2.34. The van der Waals surface area contributed by atoms with E-state index in [1.165, 1.54) is 32.8 Å². The molecule has 10 heteroatoms. The van der Waals surface area contributed by atoms with E-state index in [9.17, 15) is 13.2 Å². The monoisotopic (exact) mass is 301 g/mol. The van der Waals surface area contributed by atoms with Crippen LogP contribution in [0.5, 0.6) is 0 Å². The largest absolute Gasteiger partial charge is 0.433 e. The summed E-state index contributed by atoms with van der Waals surface area (Å²) in [6.45, 7) is 0. The normalized spacial score (nSPS) is 11.5. The number of hydrogen-bond acceptors (Lipinski definition) is 7. The molecule has 0 spiro atoms. The van der Waals surface area contributed by atoms with Gasteiger partial charge in [0.2, 0.25) is 0 Å². The summed E-state index contributed by atoms with van der Waals surface area (Å²) in [5, 5.41) is 0.719. The fraction of sp³-hybridized carbons (Fsp3) is 0.273. The van der Waals surface area contributed by atoms with Crippen LogP contribution >= 0.6 is 0 Å². The Morgan fingerprint density at radius 2 is 1.81 bits per heavy atom. The van der Waals surface area contributed by atoms with Gasteiger partial charge in [-0.1, -0.05) is 0 Å². The zero-order valence-electron chi connectivity index (χ0n) is 11.0. The van der Waals surface area contributed by atoms with E-state index < -0.39 is 11.9 Å². The standard InChI is InChI=1S/C11H10F3N5O2/c1-20-19(21-2)9-5-8(11(12,13)14)17-10(18-9)7-6-15-3-4-16-7/h3-6H,1-2H3. The van der Waals surface area contributed by atoms with Crippen LogP contribution in [0, 0.1) is 0 Å². The third kappa shape index (κ3) is 3.41. The fourth-order valence-electron chi connectivity index (χ4n) is 1.46. The first-order valence-corrected chi connectivity index (χ1v) is 5.56. The molecular formula is C11H10F3N5O2. The van der Waals surface area contributed by atoms with Gasteiger partial charge in [-0.15, -0.1) is 5.23 Å². The Kier molecular flexibility index (Phi) is 4.29. The van der Waals surface area contributed by atoms with E-state index >= 15 is 0 Å². The quantitative estimate of drug-likeness (QED) is 0.798. The highest BCUT2D eigenvalue weighted by molar-refractivity contribution is 5.51. The zero-order valence-corrected chi connectivity index (χ0v) is 11.0. The van der Waals surface area contributed by atoms with Crippen molar-refractivity contribution in [3.05, 3.63) is 30.4 Å². The van der Waals surface area contributed by atoms with Crippen molar-refractivity contribution in [2.24, 2.45) is 0 Å². The minimum Gasteiger partial charge on any atom is -0.261 e. The molecule has 0 radical (unpaired) electrons. The molecule has 0 aliphatic rings. The van der Waals surface area contributed by atoms with Crippen molar-refractivity contribution in [2.75, 3.05) is 19.4 Å². The Morgan fingerprint density at radius 1 is 1.10 bits per heavy atom. The lowest BCUT2D eigenvalue weighted by Gasteiger charge is -2.18. The number of halogens is 3. The number of aromatic nitrogens is 4. The van der Waals surface area contributed by atoms with Crippen LogP contribution in [-0.4, -0.2) is 34.2 Å². The third-order valence-corrected chi connectivity index (χ3v) is 2.31. The second kappa shape index (κ2) is 5.97. The molecule has 0 bridgehead atoms. The summed E-state index contributed by atoms with van der Waals surface area (Å²) < 4.78 is 38.7. The highest BCUT2D eigenvalue weighted by atomic mass is 19.4. The number of nitrogens with zero attached hydrogens (tertiary/aromatic N) is 5. The van der Waals surface area contributed by atoms with Gasteiger partial charge in [-0.3, -0.25) is 14.7 Å². The Morgan fingerprint density at radius 3 is 2.33 bits per heavy atom. The number of alkyl halides is 3. The summed E-state index contributed by atoms with van der Waals surface area (Å²) in [7, 11) is 2.45. The molecule has 0 unspecified atom stereocenters. The van der Waals surface area contributed by atoms with Crippen LogP contribution in [0.1, 0.15) is 5.69 Å². The Hall–Kier alpha value is -2.33. The van der Waals surface area contributed by atoms with E-state index in [4.69, 9.17) is 9.68 Å². The molecule has 0 saturated heterocycles. The Labute approximate surface area is 117 Å². The lowest BCUT2D eigenvalue weighted by molar-refractivity contribution is -0.141. The molecule has 7 nitrogen and oxygen atoms in total. The van der Waals surface area contributed by atoms with E-state index in [0.717, 1.165) is 5.23 Å². The van der Waals surface area contributed by atoms with Gasteiger partial charge in [-0.05, 0) is 0 Å². The predicted molar refractivity (Wildman–Crippen MR) is 64.6 cm³/mol. The summed E-state index contributed by atoms with van der Waals surface area (Å²) in [4.78, 5) is 24.5. The zero-order chi connectivity index (χ0) is 15.5. The molecular weight excluding hydrogens is 291 g/mol. The summed E-state index contributed by atoms with van der Waals surface area (Å²) in [5.41, 5.74) is -1.05. The van der Waals surface area contributed by atoms with E-state index in [2.05, 4.69) is 19.9 Å². The first kappa shape index (κ1) is 15.1. The van der Waals surface area contributed by atoms with E-state index in [1.807, 2.05) is 0 Å². The van der Waals surface area contributed by atoms with Crippen LogP contribution in [0.3, 0.4) is 0 Å². The van der Waals surface area contributed by atoms with E-state index in [0.29, 0.717) is 6.07 Å². The van der Waals surface area contributed by atoms with Gasteiger partial charge in [0.15, 0.2) is 17.3 Å². The second-order valence-corrected chi connectivity index (χ2v) is 3.65. The number of anilines is 1. The molecule has 2 heterocycles. The van der Waals surface area contributed by atoms with Gasteiger partial charge in [0.05, 0.1) is 20.4 Å². The maximum absolute atomic E-state index is 12.9. The van der Waals surface area contributed by atoms with E-state index in [-0.39, 0.29) is 17.3 Å². The van der Waals surface area contributed by atoms with Crippen LogP contribution in [-0.2, 0) is 15.9 Å². The van der Waals surface area contributed by atoms with Crippen LogP contribution < -0.4 is 5.23 Å². The minimum absolute atomic E-state index is 0.0945. The van der Waals surface area contributed by atoms with Gasteiger partial charge in [0.1, 0.15) is 5.69 Å². The number of hydrogen-bond donors (Lipinski definition) is 0. The van der Waals surface area contributed by atoms with Crippen molar-refractivity contribution in [3.63, 3.8) is 0 Å². The van der Waals surface area contributed by atoms with Crippen LogP contribution in [0.25, 0.3) is 11.5 Å². The maximum Gasteiger partial charge on any atom is 0.433 e. The molecule has 0 N–H and O–H groups in total. The average Bonchev–Trinajstić information content (AvgIpc) is 2.48. The minimum atomic E-state index is -4.65. The van der Waals surface area contributed by atoms with Crippen molar-refractivity contribution in [1.82, 2.24) is 19.9 Å². The van der Waals surface area contributed by atoms with Crippen molar-refractivity contribution >= 4 is 5.82 Å². The van der Waals surface area contributed by atoms with Crippen LogP contribution in [0.4, 0.5) is 19.0 Å². The topological polar surface area (TPSA) is 73.3 Å². The van der Waals surface area contributed by atoms with Gasteiger partial charge < -0.3 is 0 Å². The van der Waals surface area contributed by atoms with Gasteiger partial charge >= 0.3 is 6.18 Å². The van der Waals surface area contributed by atoms with E-state index in [1.54, 1.807) is 0 Å². The predicted octanol–water partition coefficient (Wildman–Crippen LogP) is 1.88. The molecule has 2 aromatic heterocycles. The Balaban J connectivity index is 2.58. The first-order valence-electron chi connectivity index (χ1n) is 5.56. The van der Waals surface area contributed by atoms with Gasteiger partial charge in [0, 0.05) is 18.5 Å². The Bertz CT molecular complexity index is 605. The third-order valence-electron chi connectivity index (χ3n) is 2.31. The molecule has 112 valence electrons. The summed E-state index contributed by atoms with van der Waals surface area (Å²) in [5.74, 6) is -0.463. The van der Waals surface area contributed by atoms with Gasteiger partial charge in [0.25, 0.3) is 0 Å². The van der Waals surface area contributed by atoms with Crippen molar-refractivity contribution in [3.8, 4) is 11.5 Å². The molecule has 0 saturated carbocycles. The van der Waals surface area contributed by atoms with Crippen LogP contribution in [0.2, 0.25) is 0 Å². The molecule has 0 atom stereocenters. The molecule has 0 aliphatic carbocycles. The summed E-state index contributed by atoms with van der Waals surface area (Å²) in [6, 6.07) is 0.701. The molecule has 2 aromatic rings. The lowest BCUT2D eigenvalue weighted by Crippen LogP contribution is -2.23. The molecule has 0 fully saturated rings. The van der Waals surface area contributed by atoms with Crippen LogP contribution in [0.15, 0.2) is 24.7 Å². The van der Waals surface area contributed by atoms with Crippen molar-refractivity contribution in [2.45, 2.75) is 6.18 Å². The van der Waals surface area contributed by atoms with Crippen molar-refractivity contribution in [1.29, 1.82) is 0 Å². The average molecular weight is 301 g/mol. The van der Waals surface area contributed by atoms with Gasteiger partial charge in [-0.25, -0.2) is 15.0 Å². The first-order chi connectivity index (χ1) is 9.95. The molecule has 2 rings (SSSR count). The maximum atomic E-state index is 12.9.